The lowest BCUT2D eigenvalue weighted by atomic mass is 10.0. The third-order valence-electron chi connectivity index (χ3n) is 5.18. The van der Waals surface area contributed by atoms with Gasteiger partial charge in [-0.1, -0.05) is 29.8 Å². The molecule has 7 heteroatoms. The van der Waals surface area contributed by atoms with E-state index >= 15 is 0 Å². The number of rotatable bonds is 5. The van der Waals surface area contributed by atoms with Crippen LogP contribution in [0.5, 0.6) is 0 Å². The second-order valence-corrected chi connectivity index (χ2v) is 10.8. The zero-order valence-electron chi connectivity index (χ0n) is 17.5. The minimum Gasteiger partial charge on any atom is -0.357 e. The predicted molar refractivity (Wildman–Crippen MR) is 113 cm³/mol. The van der Waals surface area contributed by atoms with Crippen molar-refractivity contribution in [3.8, 4) is 0 Å². The van der Waals surface area contributed by atoms with Gasteiger partial charge in [-0.25, -0.2) is 8.42 Å². The number of sulfone groups is 1. The van der Waals surface area contributed by atoms with Gasteiger partial charge in [-0.3, -0.25) is 4.99 Å². The van der Waals surface area contributed by atoms with E-state index in [1.165, 1.54) is 11.1 Å². The molecule has 1 saturated heterocycles. The van der Waals surface area contributed by atoms with E-state index in [9.17, 15) is 8.42 Å². The lowest BCUT2D eigenvalue weighted by Crippen LogP contribution is -2.57. The summed E-state index contributed by atoms with van der Waals surface area (Å²) < 4.78 is 23.8. The topological polar surface area (TPSA) is 65.0 Å². The van der Waals surface area contributed by atoms with Crippen molar-refractivity contribution in [2.75, 3.05) is 46.0 Å². The molecule has 0 amide bonds. The molecule has 6 nitrogen and oxygen atoms in total. The molecular formula is C20H34N4O2S. The Bertz CT molecular complexity index is 755. The number of guanidine groups is 1. The molecule has 1 aromatic carbocycles. The summed E-state index contributed by atoms with van der Waals surface area (Å²) >= 11 is 0. The second kappa shape index (κ2) is 8.61. The fourth-order valence-electron chi connectivity index (χ4n) is 3.28. The van der Waals surface area contributed by atoms with Crippen LogP contribution in [0.4, 0.5) is 0 Å². The zero-order chi connectivity index (χ0) is 20.2. The number of hydrogen-bond donors (Lipinski definition) is 1. The molecule has 27 heavy (non-hydrogen) atoms. The van der Waals surface area contributed by atoms with Gasteiger partial charge >= 0.3 is 0 Å². The van der Waals surface area contributed by atoms with Gasteiger partial charge in [0, 0.05) is 19.6 Å². The molecule has 1 N–H and O–H groups in total. The number of hydrogen-bond acceptors (Lipinski definition) is 4. The van der Waals surface area contributed by atoms with Crippen LogP contribution in [0.3, 0.4) is 0 Å². The third-order valence-corrected chi connectivity index (χ3v) is 7.71. The highest BCUT2D eigenvalue weighted by Gasteiger charge is 2.41. The monoisotopic (exact) mass is 394 g/mol. The van der Waals surface area contributed by atoms with E-state index in [1.54, 1.807) is 13.8 Å². The average Bonchev–Trinajstić information content (AvgIpc) is 2.58. The second-order valence-electron chi connectivity index (χ2n) is 8.08. The Morgan fingerprint density at radius 3 is 2.44 bits per heavy atom. The molecule has 0 radical (unpaired) electrons. The number of aryl methyl sites for hydroxylation is 1. The smallest absolute Gasteiger partial charge is 0.194 e. The van der Waals surface area contributed by atoms with E-state index in [4.69, 9.17) is 4.99 Å². The standard InChI is InChI=1S/C20H34N4O2S/c1-7-21-19(24-12-13-27(25,26)20(3,4)15-24)22-14-18(23(5)6)17-10-8-16(2)9-11-17/h8-11,18H,7,12-15H2,1-6H3,(H,21,22). The van der Waals surface area contributed by atoms with Gasteiger partial charge in [-0.05, 0) is 47.4 Å². The van der Waals surface area contributed by atoms with Crippen LogP contribution in [0.15, 0.2) is 29.3 Å². The highest BCUT2D eigenvalue weighted by atomic mass is 32.2. The average molecular weight is 395 g/mol. The molecule has 0 bridgehead atoms. The summed E-state index contributed by atoms with van der Waals surface area (Å²) in [5.41, 5.74) is 2.47. The van der Waals surface area contributed by atoms with Gasteiger partial charge in [0.05, 0.1) is 23.1 Å². The van der Waals surface area contributed by atoms with E-state index in [0.29, 0.717) is 19.6 Å². The molecule has 1 fully saturated rings. The van der Waals surface area contributed by atoms with Crippen LogP contribution >= 0.6 is 0 Å². The maximum atomic E-state index is 12.3. The molecule has 1 heterocycles. The van der Waals surface area contributed by atoms with Gasteiger partial charge in [0.15, 0.2) is 15.8 Å². The lowest BCUT2D eigenvalue weighted by molar-refractivity contribution is 0.303. The number of benzene rings is 1. The molecule has 1 aliphatic rings. The molecule has 1 unspecified atom stereocenters. The summed E-state index contributed by atoms with van der Waals surface area (Å²) in [5, 5.41) is 3.33. The van der Waals surface area contributed by atoms with Gasteiger partial charge < -0.3 is 15.1 Å². The molecule has 152 valence electrons. The number of nitrogens with zero attached hydrogens (tertiary/aromatic N) is 3. The van der Waals surface area contributed by atoms with Crippen LogP contribution in [0, 0.1) is 6.92 Å². The van der Waals surface area contributed by atoms with Crippen molar-refractivity contribution in [1.29, 1.82) is 0 Å². The van der Waals surface area contributed by atoms with E-state index < -0.39 is 14.6 Å². The molecule has 0 aliphatic carbocycles. The quantitative estimate of drug-likeness (QED) is 0.612. The molecule has 1 aliphatic heterocycles. The van der Waals surface area contributed by atoms with Gasteiger partial charge in [0.25, 0.3) is 0 Å². The van der Waals surface area contributed by atoms with Gasteiger partial charge in [-0.2, -0.15) is 0 Å². The minimum atomic E-state index is -3.07. The molecule has 0 saturated carbocycles. The summed E-state index contributed by atoms with van der Waals surface area (Å²) in [6.45, 7) is 10.0. The Kier molecular flexibility index (Phi) is 6.92. The number of nitrogens with one attached hydrogen (secondary N) is 1. The molecular weight excluding hydrogens is 360 g/mol. The van der Waals surface area contributed by atoms with Crippen LogP contribution in [0.1, 0.15) is 37.9 Å². The molecule has 0 aromatic heterocycles. The van der Waals surface area contributed by atoms with Crippen LogP contribution in [0.2, 0.25) is 0 Å². The minimum absolute atomic E-state index is 0.166. The van der Waals surface area contributed by atoms with Crippen molar-refractivity contribution < 1.29 is 8.42 Å². The summed E-state index contributed by atoms with van der Waals surface area (Å²) in [6.07, 6.45) is 0. The van der Waals surface area contributed by atoms with Gasteiger partial charge in [0.1, 0.15) is 0 Å². The van der Waals surface area contributed by atoms with Crippen molar-refractivity contribution in [1.82, 2.24) is 15.1 Å². The van der Waals surface area contributed by atoms with E-state index in [1.807, 2.05) is 6.92 Å². The molecule has 0 spiro atoms. The SMILES string of the molecule is CCNC(=NCC(c1ccc(C)cc1)N(C)C)N1CCS(=O)(=O)C(C)(C)C1. The van der Waals surface area contributed by atoms with Crippen LogP contribution in [-0.2, 0) is 9.84 Å². The summed E-state index contributed by atoms with van der Waals surface area (Å²) in [6, 6.07) is 8.72. The number of likely N-dealkylation sites (N-methyl/N-ethyl adjacent to an activating group) is 1. The third kappa shape index (κ3) is 5.23. The summed E-state index contributed by atoms with van der Waals surface area (Å²) in [5.74, 6) is 0.957. The van der Waals surface area contributed by atoms with Crippen LogP contribution in [0.25, 0.3) is 0 Å². The first kappa shape index (κ1) is 21.7. The van der Waals surface area contributed by atoms with Crippen molar-refractivity contribution in [2.45, 2.75) is 38.5 Å². The molecule has 1 atom stereocenters. The molecule has 2 rings (SSSR count). The van der Waals surface area contributed by atoms with E-state index in [2.05, 4.69) is 60.4 Å². The summed E-state index contributed by atoms with van der Waals surface area (Å²) in [4.78, 5) is 9.11. The fraction of sp³-hybridized carbons (Fsp3) is 0.650. The largest absolute Gasteiger partial charge is 0.357 e. The highest BCUT2D eigenvalue weighted by molar-refractivity contribution is 7.92. The first-order chi connectivity index (χ1) is 12.6. The van der Waals surface area contributed by atoms with Crippen molar-refractivity contribution in [3.63, 3.8) is 0 Å². The lowest BCUT2D eigenvalue weighted by Gasteiger charge is -2.39. The Balaban J connectivity index is 2.22. The van der Waals surface area contributed by atoms with E-state index in [0.717, 1.165) is 12.5 Å². The summed E-state index contributed by atoms with van der Waals surface area (Å²) in [7, 11) is 1.05. The van der Waals surface area contributed by atoms with Crippen LogP contribution < -0.4 is 5.32 Å². The Morgan fingerprint density at radius 1 is 1.30 bits per heavy atom. The maximum absolute atomic E-state index is 12.3. The molecule has 1 aromatic rings. The van der Waals surface area contributed by atoms with Crippen molar-refractivity contribution in [2.24, 2.45) is 4.99 Å². The zero-order valence-corrected chi connectivity index (χ0v) is 18.3. The maximum Gasteiger partial charge on any atom is 0.194 e. The Morgan fingerprint density at radius 2 is 1.93 bits per heavy atom. The van der Waals surface area contributed by atoms with Gasteiger partial charge in [-0.15, -0.1) is 0 Å². The first-order valence-electron chi connectivity index (χ1n) is 9.56. The predicted octanol–water partition coefficient (Wildman–Crippen LogP) is 2.07. The van der Waals surface area contributed by atoms with Crippen molar-refractivity contribution in [3.05, 3.63) is 35.4 Å². The Labute approximate surface area is 164 Å². The Hall–Kier alpha value is -1.60. The van der Waals surface area contributed by atoms with E-state index in [-0.39, 0.29) is 11.8 Å². The first-order valence-corrected chi connectivity index (χ1v) is 11.2. The van der Waals surface area contributed by atoms with Crippen LogP contribution in [-0.4, -0.2) is 75.0 Å². The normalized spacial score (nSPS) is 20.6. The highest BCUT2D eigenvalue weighted by Crippen LogP contribution is 2.24. The van der Waals surface area contributed by atoms with Crippen molar-refractivity contribution >= 4 is 15.8 Å². The fourth-order valence-corrected chi connectivity index (χ4v) is 4.64. The number of aliphatic imine (C=N–C) groups is 1. The van der Waals surface area contributed by atoms with Gasteiger partial charge in [0.2, 0.25) is 0 Å².